The second-order valence-electron chi connectivity index (χ2n) is 6.52. The van der Waals surface area contributed by atoms with Crippen LogP contribution in [0.1, 0.15) is 36.1 Å². The molecule has 1 aliphatic heterocycles. The van der Waals surface area contributed by atoms with Gasteiger partial charge in [0, 0.05) is 10.4 Å². The zero-order valence-electron chi connectivity index (χ0n) is 15.9. The molecule has 1 aromatic heterocycles. The number of fused-ring (bicyclic) bond motifs is 1. The number of ether oxygens (including phenoxy) is 2. The molecular weight excluding hydrogens is 364 g/mol. The van der Waals surface area contributed by atoms with E-state index in [-0.39, 0.29) is 19.1 Å². The van der Waals surface area contributed by atoms with Gasteiger partial charge in [0.1, 0.15) is 12.3 Å². The largest absolute Gasteiger partial charge is 0.482 e. The molecule has 6 nitrogen and oxygen atoms in total. The molecule has 0 spiro atoms. The minimum atomic E-state index is -0.404. The van der Waals surface area contributed by atoms with Crippen LogP contribution in [0.15, 0.2) is 18.2 Å². The number of anilines is 1. The Labute approximate surface area is 163 Å². The quantitative estimate of drug-likeness (QED) is 0.532. The van der Waals surface area contributed by atoms with Crippen molar-refractivity contribution in [3.63, 3.8) is 0 Å². The summed E-state index contributed by atoms with van der Waals surface area (Å²) in [6.07, 6.45) is 2.91. The van der Waals surface area contributed by atoms with Crippen LogP contribution in [0, 0.1) is 13.8 Å². The topological polar surface area (TPSA) is 68.7 Å². The van der Waals surface area contributed by atoms with E-state index < -0.39 is 5.97 Å². The molecule has 3 rings (SSSR count). The lowest BCUT2D eigenvalue weighted by molar-refractivity contribution is -0.143. The van der Waals surface area contributed by atoms with Crippen LogP contribution in [-0.4, -0.2) is 36.6 Å². The number of hydrogen-bond donors (Lipinski definition) is 0. The molecule has 2 aromatic rings. The first-order valence-corrected chi connectivity index (χ1v) is 9.98. The van der Waals surface area contributed by atoms with Crippen molar-refractivity contribution in [3.8, 4) is 17.0 Å². The summed E-state index contributed by atoms with van der Waals surface area (Å²) in [5.74, 6) is -0.0727. The number of hydrogen-bond acceptors (Lipinski definition) is 6. The standard InChI is InChI=1S/C20H24N2O4S/c1-4-5-6-9-25-19(24)11-22-16-10-15(20-13(2)27-14(3)21-20)7-8-17(16)26-12-18(22)23/h7-8,10H,4-6,9,11-12H2,1-3H3. The van der Waals surface area contributed by atoms with Crippen molar-refractivity contribution in [2.75, 3.05) is 24.7 Å². The molecular formula is C20H24N2O4S. The van der Waals surface area contributed by atoms with Gasteiger partial charge in [-0.25, -0.2) is 4.98 Å². The summed E-state index contributed by atoms with van der Waals surface area (Å²) in [5, 5.41) is 0.986. The first kappa shape index (κ1) is 19.4. The van der Waals surface area contributed by atoms with Gasteiger partial charge in [0.2, 0.25) is 0 Å². The number of aryl methyl sites for hydroxylation is 2. The number of amides is 1. The first-order chi connectivity index (χ1) is 13.0. The lowest BCUT2D eigenvalue weighted by Gasteiger charge is -2.29. The number of benzene rings is 1. The van der Waals surface area contributed by atoms with Gasteiger partial charge in [-0.1, -0.05) is 19.8 Å². The molecule has 0 aliphatic carbocycles. The second-order valence-corrected chi connectivity index (χ2v) is 7.92. The third-order valence-electron chi connectivity index (χ3n) is 4.38. The van der Waals surface area contributed by atoms with Gasteiger partial charge in [-0.05, 0) is 38.5 Å². The number of rotatable bonds is 7. The van der Waals surface area contributed by atoms with E-state index in [0.29, 0.717) is 18.0 Å². The molecule has 0 fully saturated rings. The van der Waals surface area contributed by atoms with Crippen LogP contribution in [0.4, 0.5) is 5.69 Å². The number of nitrogens with zero attached hydrogens (tertiary/aromatic N) is 2. The van der Waals surface area contributed by atoms with Crippen LogP contribution in [0.3, 0.4) is 0 Å². The number of thiazole rings is 1. The smallest absolute Gasteiger partial charge is 0.326 e. The average Bonchev–Trinajstić information content (AvgIpc) is 2.99. The Morgan fingerprint density at radius 2 is 2.15 bits per heavy atom. The summed E-state index contributed by atoms with van der Waals surface area (Å²) in [4.78, 5) is 31.7. The van der Waals surface area contributed by atoms with Crippen molar-refractivity contribution >= 4 is 28.9 Å². The number of carbonyl (C=O) groups excluding carboxylic acids is 2. The highest BCUT2D eigenvalue weighted by atomic mass is 32.1. The minimum absolute atomic E-state index is 0.0791. The molecule has 27 heavy (non-hydrogen) atoms. The van der Waals surface area contributed by atoms with Gasteiger partial charge < -0.3 is 9.47 Å². The summed E-state index contributed by atoms with van der Waals surface area (Å²) in [6, 6.07) is 5.61. The Balaban J connectivity index is 1.81. The molecule has 144 valence electrons. The lowest BCUT2D eigenvalue weighted by Crippen LogP contribution is -2.42. The van der Waals surface area contributed by atoms with Crippen LogP contribution in [0.2, 0.25) is 0 Å². The molecule has 0 N–H and O–H groups in total. The van der Waals surface area contributed by atoms with E-state index >= 15 is 0 Å². The first-order valence-electron chi connectivity index (χ1n) is 9.16. The third-order valence-corrected chi connectivity index (χ3v) is 5.26. The van der Waals surface area contributed by atoms with E-state index in [1.54, 1.807) is 11.3 Å². The Hall–Kier alpha value is -2.41. The summed E-state index contributed by atoms with van der Waals surface area (Å²) in [5.41, 5.74) is 2.37. The Morgan fingerprint density at radius 1 is 1.33 bits per heavy atom. The second kappa shape index (κ2) is 8.52. The van der Waals surface area contributed by atoms with Gasteiger partial charge in [0.05, 0.1) is 23.0 Å². The van der Waals surface area contributed by atoms with Gasteiger partial charge in [-0.2, -0.15) is 0 Å². The van der Waals surface area contributed by atoms with Gasteiger partial charge in [-0.15, -0.1) is 11.3 Å². The summed E-state index contributed by atoms with van der Waals surface area (Å²) >= 11 is 1.63. The Bertz CT molecular complexity index is 847. The van der Waals surface area contributed by atoms with Gasteiger partial charge >= 0.3 is 5.97 Å². The van der Waals surface area contributed by atoms with Crippen molar-refractivity contribution in [2.24, 2.45) is 0 Å². The maximum Gasteiger partial charge on any atom is 0.326 e. The fourth-order valence-corrected chi connectivity index (χ4v) is 3.87. The number of aromatic nitrogens is 1. The van der Waals surface area contributed by atoms with Crippen molar-refractivity contribution < 1.29 is 19.1 Å². The third kappa shape index (κ3) is 4.47. The molecule has 0 bridgehead atoms. The Kier molecular flexibility index (Phi) is 6.11. The average molecular weight is 388 g/mol. The summed E-state index contributed by atoms with van der Waals surface area (Å²) in [6.45, 7) is 6.27. The van der Waals surface area contributed by atoms with Crippen molar-refractivity contribution in [1.29, 1.82) is 0 Å². The normalized spacial score (nSPS) is 13.3. The molecule has 0 saturated carbocycles. The van der Waals surface area contributed by atoms with Crippen LogP contribution < -0.4 is 9.64 Å². The highest BCUT2D eigenvalue weighted by Crippen LogP contribution is 2.37. The van der Waals surface area contributed by atoms with E-state index in [9.17, 15) is 9.59 Å². The maximum absolute atomic E-state index is 12.4. The zero-order chi connectivity index (χ0) is 19.4. The molecule has 0 radical (unpaired) electrons. The fourth-order valence-electron chi connectivity index (χ4n) is 3.03. The summed E-state index contributed by atoms with van der Waals surface area (Å²) < 4.78 is 10.8. The zero-order valence-corrected chi connectivity index (χ0v) is 16.7. The van der Waals surface area contributed by atoms with Gasteiger partial charge in [0.25, 0.3) is 5.91 Å². The molecule has 1 amide bonds. The van der Waals surface area contributed by atoms with Crippen molar-refractivity contribution in [1.82, 2.24) is 4.98 Å². The monoisotopic (exact) mass is 388 g/mol. The van der Waals surface area contributed by atoms with Crippen LogP contribution in [-0.2, 0) is 14.3 Å². The number of carbonyl (C=O) groups is 2. The fraction of sp³-hybridized carbons (Fsp3) is 0.450. The highest BCUT2D eigenvalue weighted by molar-refractivity contribution is 7.11. The van der Waals surface area contributed by atoms with Crippen molar-refractivity contribution in [3.05, 3.63) is 28.1 Å². The van der Waals surface area contributed by atoms with Crippen LogP contribution in [0.25, 0.3) is 11.3 Å². The van der Waals surface area contributed by atoms with Gasteiger partial charge in [0.15, 0.2) is 6.61 Å². The van der Waals surface area contributed by atoms with E-state index in [1.165, 1.54) is 4.90 Å². The molecule has 7 heteroatoms. The van der Waals surface area contributed by atoms with E-state index in [4.69, 9.17) is 9.47 Å². The van der Waals surface area contributed by atoms with E-state index in [1.807, 2.05) is 32.0 Å². The predicted octanol–water partition coefficient (Wildman–Crippen LogP) is 3.89. The van der Waals surface area contributed by atoms with Crippen LogP contribution in [0.5, 0.6) is 5.75 Å². The van der Waals surface area contributed by atoms with Gasteiger partial charge in [-0.3, -0.25) is 14.5 Å². The number of unbranched alkanes of at least 4 members (excludes halogenated alkanes) is 2. The Morgan fingerprint density at radius 3 is 2.85 bits per heavy atom. The van der Waals surface area contributed by atoms with E-state index in [2.05, 4.69) is 11.9 Å². The highest BCUT2D eigenvalue weighted by Gasteiger charge is 2.28. The lowest BCUT2D eigenvalue weighted by atomic mass is 10.1. The summed E-state index contributed by atoms with van der Waals surface area (Å²) in [7, 11) is 0. The molecule has 0 atom stereocenters. The van der Waals surface area contributed by atoms with E-state index in [0.717, 1.165) is 40.4 Å². The van der Waals surface area contributed by atoms with Crippen LogP contribution >= 0.6 is 11.3 Å². The molecule has 0 saturated heterocycles. The molecule has 1 aromatic carbocycles. The molecule has 0 unspecified atom stereocenters. The van der Waals surface area contributed by atoms with Crippen molar-refractivity contribution in [2.45, 2.75) is 40.0 Å². The molecule has 2 heterocycles. The minimum Gasteiger partial charge on any atom is -0.482 e. The molecule has 1 aliphatic rings. The predicted molar refractivity (Wildman–Crippen MR) is 105 cm³/mol. The maximum atomic E-state index is 12.4. The number of esters is 1. The SMILES string of the molecule is CCCCCOC(=O)CN1C(=O)COc2ccc(-c3nc(C)sc3C)cc21.